The van der Waals surface area contributed by atoms with Gasteiger partial charge in [0, 0.05) is 24.0 Å². The monoisotopic (exact) mass is 536 g/mol. The van der Waals surface area contributed by atoms with E-state index >= 15 is 0 Å². The van der Waals surface area contributed by atoms with Gasteiger partial charge in [-0.25, -0.2) is 26.8 Å². The van der Waals surface area contributed by atoms with Gasteiger partial charge in [-0.05, 0) is 36.0 Å². The van der Waals surface area contributed by atoms with Crippen molar-refractivity contribution in [1.29, 1.82) is 0 Å². The molecule has 0 saturated heterocycles. The summed E-state index contributed by atoms with van der Waals surface area (Å²) in [5, 5.41) is -1.21. The van der Waals surface area contributed by atoms with Crippen molar-refractivity contribution in [3.05, 3.63) is 60.7 Å². The van der Waals surface area contributed by atoms with E-state index in [1.165, 1.54) is 35.3 Å². The summed E-state index contributed by atoms with van der Waals surface area (Å²) in [7, 11) is -9.45. The van der Waals surface area contributed by atoms with Gasteiger partial charge in [-0.15, -0.1) is 0 Å². The molecular formula is C23H19F3N4O4S2. The number of sulfone groups is 2. The first-order valence-corrected chi connectivity index (χ1v) is 14.0. The smallest absolute Gasteiger partial charge is 0.290 e. The van der Waals surface area contributed by atoms with Crippen LogP contribution in [0.15, 0.2) is 65.0 Å². The SMILES string of the molecule is CCS(=O)(=O)c1cc(-c2ccc(C3CC3)cc2)cnc1-c1cn2cnc(S(=O)(=O)C(F)(F)F)cc2n1. The van der Waals surface area contributed by atoms with Gasteiger partial charge in [0.2, 0.25) is 0 Å². The first kappa shape index (κ1) is 24.4. The summed E-state index contributed by atoms with van der Waals surface area (Å²) in [5.74, 6) is 0.362. The number of fused-ring (bicyclic) bond motifs is 1. The molecule has 0 N–H and O–H groups in total. The van der Waals surface area contributed by atoms with E-state index in [-0.39, 0.29) is 27.7 Å². The van der Waals surface area contributed by atoms with E-state index in [1.807, 2.05) is 24.3 Å². The highest BCUT2D eigenvalue weighted by molar-refractivity contribution is 7.92. The molecule has 188 valence electrons. The molecule has 13 heteroatoms. The standard InChI is InChI=1S/C23H19F3N4O4S2/c1-2-35(31,32)19-9-17(16-7-5-15(6-8-16)14-3-4-14)11-27-22(19)18-12-30-13-28-21(10-20(30)29-18)36(33,34)23(24,25)26/h5-14H,2-4H2,1H3. The van der Waals surface area contributed by atoms with E-state index < -0.39 is 30.2 Å². The van der Waals surface area contributed by atoms with Gasteiger partial charge in [0.05, 0.1) is 10.6 Å². The molecule has 1 fully saturated rings. The van der Waals surface area contributed by atoms with E-state index in [2.05, 4.69) is 15.0 Å². The van der Waals surface area contributed by atoms with E-state index in [0.29, 0.717) is 17.5 Å². The van der Waals surface area contributed by atoms with Crippen molar-refractivity contribution in [2.24, 2.45) is 0 Å². The van der Waals surface area contributed by atoms with Crippen molar-refractivity contribution in [2.75, 3.05) is 5.75 Å². The van der Waals surface area contributed by atoms with Crippen molar-refractivity contribution >= 4 is 25.3 Å². The maximum Gasteiger partial charge on any atom is 0.503 e. The minimum atomic E-state index is -5.68. The number of pyridine rings is 1. The molecule has 0 aliphatic heterocycles. The van der Waals surface area contributed by atoms with E-state index in [4.69, 9.17) is 0 Å². The zero-order valence-electron chi connectivity index (χ0n) is 18.8. The van der Waals surface area contributed by atoms with Gasteiger partial charge in [-0.3, -0.25) is 9.38 Å². The Bertz CT molecular complexity index is 1690. The fraction of sp³-hybridized carbons (Fsp3) is 0.261. The van der Waals surface area contributed by atoms with Crippen molar-refractivity contribution in [1.82, 2.24) is 19.4 Å². The number of rotatable bonds is 6. The minimum absolute atomic E-state index is 0.000806. The molecule has 5 rings (SSSR count). The van der Waals surface area contributed by atoms with E-state index in [9.17, 15) is 30.0 Å². The Balaban J connectivity index is 1.60. The largest absolute Gasteiger partial charge is 0.503 e. The number of nitrogens with zero attached hydrogens (tertiary/aromatic N) is 4. The van der Waals surface area contributed by atoms with E-state index in [1.54, 1.807) is 0 Å². The van der Waals surface area contributed by atoms with Crippen LogP contribution in [0.4, 0.5) is 13.2 Å². The third-order valence-corrected chi connectivity index (χ3v) is 9.13. The third-order valence-electron chi connectivity index (χ3n) is 6.01. The summed E-state index contributed by atoms with van der Waals surface area (Å²) in [5.41, 5.74) is -3.05. The molecule has 1 aliphatic carbocycles. The first-order valence-electron chi connectivity index (χ1n) is 10.9. The zero-order chi connectivity index (χ0) is 25.9. The molecule has 3 aromatic heterocycles. The predicted molar refractivity (Wildman–Crippen MR) is 125 cm³/mol. The van der Waals surface area contributed by atoms with Crippen LogP contribution in [0.5, 0.6) is 0 Å². The van der Waals surface area contributed by atoms with Crippen LogP contribution in [0.1, 0.15) is 31.2 Å². The molecule has 0 unspecified atom stereocenters. The minimum Gasteiger partial charge on any atom is -0.290 e. The average Bonchev–Trinajstić information content (AvgIpc) is 3.61. The first-order chi connectivity index (χ1) is 16.9. The van der Waals surface area contributed by atoms with Crippen LogP contribution in [-0.4, -0.2) is 47.4 Å². The molecule has 0 amide bonds. The molecule has 36 heavy (non-hydrogen) atoms. The van der Waals surface area contributed by atoms with Crippen molar-refractivity contribution in [3.8, 4) is 22.5 Å². The van der Waals surface area contributed by atoms with Gasteiger partial charge in [0.15, 0.2) is 14.9 Å². The molecule has 0 spiro atoms. The van der Waals surface area contributed by atoms with Crippen molar-refractivity contribution in [2.45, 2.75) is 41.1 Å². The maximum atomic E-state index is 13.0. The van der Waals surface area contributed by atoms with Crippen LogP contribution in [0, 0.1) is 0 Å². The number of hydrogen-bond acceptors (Lipinski definition) is 7. The molecule has 1 aromatic carbocycles. The number of aromatic nitrogens is 4. The van der Waals surface area contributed by atoms with Gasteiger partial charge in [-0.1, -0.05) is 31.2 Å². The summed E-state index contributed by atoms with van der Waals surface area (Å²) in [6.07, 6.45) is 6.01. The average molecular weight is 537 g/mol. The molecule has 3 heterocycles. The maximum absolute atomic E-state index is 13.0. The predicted octanol–water partition coefficient (Wildman–Crippen LogP) is 4.42. The number of alkyl halides is 3. The summed E-state index contributed by atoms with van der Waals surface area (Å²) in [6, 6.07) is 10.0. The zero-order valence-corrected chi connectivity index (χ0v) is 20.4. The second kappa shape index (κ2) is 8.37. The lowest BCUT2D eigenvalue weighted by atomic mass is 10.0. The van der Waals surface area contributed by atoms with Crippen molar-refractivity contribution < 1.29 is 30.0 Å². The molecule has 1 aliphatic rings. The van der Waals surface area contributed by atoms with Crippen LogP contribution in [0.25, 0.3) is 28.2 Å². The lowest BCUT2D eigenvalue weighted by molar-refractivity contribution is -0.0438. The number of imidazole rings is 1. The molecule has 0 bridgehead atoms. The molecule has 0 radical (unpaired) electrons. The Labute approximate surface area is 204 Å². The normalized spacial score (nSPS) is 14.9. The van der Waals surface area contributed by atoms with E-state index in [0.717, 1.165) is 24.7 Å². The fourth-order valence-electron chi connectivity index (χ4n) is 3.81. The highest BCUT2D eigenvalue weighted by Gasteiger charge is 2.48. The Morgan fingerprint density at radius 3 is 2.31 bits per heavy atom. The van der Waals surface area contributed by atoms with Crippen LogP contribution in [0.2, 0.25) is 0 Å². The second-order valence-corrected chi connectivity index (χ2v) is 12.6. The molecule has 8 nitrogen and oxygen atoms in total. The Hall–Kier alpha value is -3.32. The second-order valence-electron chi connectivity index (χ2n) is 8.44. The van der Waals surface area contributed by atoms with Crippen LogP contribution >= 0.6 is 0 Å². The number of halogens is 3. The van der Waals surface area contributed by atoms with Gasteiger partial charge in [0.1, 0.15) is 23.4 Å². The molecule has 4 aromatic rings. The van der Waals surface area contributed by atoms with Crippen LogP contribution in [0.3, 0.4) is 0 Å². The Morgan fingerprint density at radius 2 is 1.69 bits per heavy atom. The quantitative estimate of drug-likeness (QED) is 0.335. The molecular weight excluding hydrogens is 517 g/mol. The fourth-order valence-corrected chi connectivity index (χ4v) is 5.56. The highest BCUT2D eigenvalue weighted by Crippen LogP contribution is 2.40. The van der Waals surface area contributed by atoms with Gasteiger partial charge >= 0.3 is 5.51 Å². The summed E-state index contributed by atoms with van der Waals surface area (Å²) in [6.45, 7) is 1.48. The summed E-state index contributed by atoms with van der Waals surface area (Å²) >= 11 is 0. The Morgan fingerprint density at radius 1 is 1.00 bits per heavy atom. The summed E-state index contributed by atoms with van der Waals surface area (Å²) in [4.78, 5) is 11.8. The third kappa shape index (κ3) is 4.26. The van der Waals surface area contributed by atoms with Gasteiger partial charge < -0.3 is 0 Å². The van der Waals surface area contributed by atoms with Gasteiger partial charge in [-0.2, -0.15) is 13.2 Å². The molecule has 1 saturated carbocycles. The van der Waals surface area contributed by atoms with Crippen LogP contribution < -0.4 is 0 Å². The lowest BCUT2D eigenvalue weighted by Crippen LogP contribution is -2.24. The topological polar surface area (TPSA) is 111 Å². The number of hydrogen-bond donors (Lipinski definition) is 0. The number of benzene rings is 1. The lowest BCUT2D eigenvalue weighted by Gasteiger charge is -2.10. The van der Waals surface area contributed by atoms with Gasteiger partial charge in [0.25, 0.3) is 9.84 Å². The van der Waals surface area contributed by atoms with Crippen molar-refractivity contribution in [3.63, 3.8) is 0 Å². The van der Waals surface area contributed by atoms with Crippen LogP contribution in [-0.2, 0) is 19.7 Å². The summed E-state index contributed by atoms with van der Waals surface area (Å²) < 4.78 is 89.3. The highest BCUT2D eigenvalue weighted by atomic mass is 32.2. The Kier molecular flexibility index (Phi) is 5.67. The molecule has 0 atom stereocenters.